The molecule has 1 heterocycles. The molecule has 1 unspecified atom stereocenters. The monoisotopic (exact) mass is 199 g/mol. The van der Waals surface area contributed by atoms with E-state index in [0.717, 1.165) is 0 Å². The highest BCUT2D eigenvalue weighted by molar-refractivity contribution is 4.88. The molecule has 0 aliphatic rings. The minimum atomic E-state index is 0.0511. The van der Waals surface area contributed by atoms with Crippen molar-refractivity contribution in [1.29, 1.82) is 0 Å². The Balaban J connectivity index is 2.35. The van der Waals surface area contributed by atoms with Crippen LogP contribution in [0.1, 0.15) is 25.6 Å². The van der Waals surface area contributed by atoms with Crippen molar-refractivity contribution < 1.29 is 9.26 Å². The zero-order chi connectivity index (χ0) is 10.4. The molecule has 0 aromatic carbocycles. The zero-order valence-corrected chi connectivity index (χ0v) is 8.69. The van der Waals surface area contributed by atoms with Gasteiger partial charge in [-0.25, -0.2) is 0 Å². The van der Waals surface area contributed by atoms with E-state index in [1.165, 1.54) is 0 Å². The molecule has 1 rings (SSSR count). The summed E-state index contributed by atoms with van der Waals surface area (Å²) in [5.74, 6) is 1.29. The lowest BCUT2D eigenvalue weighted by molar-refractivity contribution is 0.149. The summed E-state index contributed by atoms with van der Waals surface area (Å²) in [6.45, 7) is 5.21. The number of rotatable bonds is 6. The van der Waals surface area contributed by atoms with E-state index in [4.69, 9.17) is 15.0 Å². The van der Waals surface area contributed by atoms with Gasteiger partial charge in [-0.1, -0.05) is 5.16 Å². The summed E-state index contributed by atoms with van der Waals surface area (Å²) in [7, 11) is 0. The van der Waals surface area contributed by atoms with Gasteiger partial charge < -0.3 is 15.0 Å². The fourth-order valence-electron chi connectivity index (χ4n) is 1.06. The molecule has 0 aliphatic carbocycles. The van der Waals surface area contributed by atoms with E-state index in [1.54, 1.807) is 0 Å². The molecule has 0 fully saturated rings. The van der Waals surface area contributed by atoms with Gasteiger partial charge in [-0.15, -0.1) is 0 Å². The Bertz CT molecular complexity index is 260. The van der Waals surface area contributed by atoms with Crippen molar-refractivity contribution in [2.45, 2.75) is 32.7 Å². The van der Waals surface area contributed by atoms with Crippen molar-refractivity contribution in [1.82, 2.24) is 10.1 Å². The van der Waals surface area contributed by atoms with Crippen LogP contribution in [-0.2, 0) is 17.6 Å². The third kappa shape index (κ3) is 3.85. The summed E-state index contributed by atoms with van der Waals surface area (Å²) in [5.41, 5.74) is 5.60. The van der Waals surface area contributed by atoms with Gasteiger partial charge in [0.2, 0.25) is 5.89 Å². The van der Waals surface area contributed by atoms with Gasteiger partial charge in [-0.2, -0.15) is 4.98 Å². The van der Waals surface area contributed by atoms with Crippen LogP contribution in [0.15, 0.2) is 4.52 Å². The minimum Gasteiger partial charge on any atom is -0.381 e. The molecule has 2 N–H and O–H groups in total. The van der Waals surface area contributed by atoms with Crippen LogP contribution in [0.3, 0.4) is 0 Å². The van der Waals surface area contributed by atoms with Gasteiger partial charge in [0.05, 0.1) is 6.61 Å². The maximum atomic E-state index is 5.60. The second-order valence-corrected chi connectivity index (χ2v) is 3.23. The molecular formula is C9H17N3O2. The van der Waals surface area contributed by atoms with E-state index in [2.05, 4.69) is 10.1 Å². The Hall–Kier alpha value is -0.940. The molecule has 5 heteroatoms. The summed E-state index contributed by atoms with van der Waals surface area (Å²) < 4.78 is 10.2. The first-order chi connectivity index (χ1) is 6.72. The molecule has 14 heavy (non-hydrogen) atoms. The van der Waals surface area contributed by atoms with E-state index < -0.39 is 0 Å². The highest BCUT2D eigenvalue weighted by atomic mass is 16.5. The lowest BCUT2D eigenvalue weighted by Crippen LogP contribution is -2.17. The highest BCUT2D eigenvalue weighted by Gasteiger charge is 2.07. The van der Waals surface area contributed by atoms with Crippen molar-refractivity contribution in [3.63, 3.8) is 0 Å². The van der Waals surface area contributed by atoms with Crippen LogP contribution >= 0.6 is 0 Å². The summed E-state index contributed by atoms with van der Waals surface area (Å²) in [6.07, 6.45) is 1.32. The Morgan fingerprint density at radius 1 is 1.57 bits per heavy atom. The molecule has 0 radical (unpaired) electrons. The molecule has 1 aromatic rings. The average molecular weight is 199 g/mol. The van der Waals surface area contributed by atoms with Crippen molar-refractivity contribution in [3.05, 3.63) is 11.7 Å². The minimum absolute atomic E-state index is 0.0511. The second-order valence-electron chi connectivity index (χ2n) is 3.23. The van der Waals surface area contributed by atoms with Crippen LogP contribution in [0.5, 0.6) is 0 Å². The molecule has 0 saturated heterocycles. The Morgan fingerprint density at radius 2 is 2.36 bits per heavy atom. The molecule has 1 aromatic heterocycles. The highest BCUT2D eigenvalue weighted by Crippen LogP contribution is 2.00. The smallest absolute Gasteiger partial charge is 0.228 e. The van der Waals surface area contributed by atoms with Crippen LogP contribution in [0, 0.1) is 0 Å². The summed E-state index contributed by atoms with van der Waals surface area (Å²) in [4.78, 5) is 4.18. The standard InChI is InChI=1S/C9H17N3O2/c1-3-13-5-4-8-11-9(14-12-8)6-7(2)10/h7H,3-6,10H2,1-2H3. The van der Waals surface area contributed by atoms with Crippen LogP contribution in [0.2, 0.25) is 0 Å². The second kappa shape index (κ2) is 5.72. The number of hydrogen-bond acceptors (Lipinski definition) is 5. The molecule has 80 valence electrons. The lowest BCUT2D eigenvalue weighted by Gasteiger charge is -1.97. The predicted octanol–water partition coefficient (Wildman–Crippen LogP) is 0.538. The first-order valence-corrected chi connectivity index (χ1v) is 4.87. The molecule has 5 nitrogen and oxygen atoms in total. The fraction of sp³-hybridized carbons (Fsp3) is 0.778. The van der Waals surface area contributed by atoms with Crippen LogP contribution < -0.4 is 5.73 Å². The third-order valence-corrected chi connectivity index (χ3v) is 1.68. The third-order valence-electron chi connectivity index (χ3n) is 1.68. The molecule has 0 spiro atoms. The fourth-order valence-corrected chi connectivity index (χ4v) is 1.06. The van der Waals surface area contributed by atoms with E-state index in [1.807, 2.05) is 13.8 Å². The number of ether oxygens (including phenoxy) is 1. The number of nitrogens with two attached hydrogens (primary N) is 1. The predicted molar refractivity (Wildman–Crippen MR) is 51.8 cm³/mol. The topological polar surface area (TPSA) is 74.2 Å². The molecule has 0 bridgehead atoms. The Labute approximate surface area is 83.6 Å². The maximum absolute atomic E-state index is 5.60. The van der Waals surface area contributed by atoms with Gasteiger partial charge in [0.1, 0.15) is 0 Å². The van der Waals surface area contributed by atoms with E-state index >= 15 is 0 Å². The largest absolute Gasteiger partial charge is 0.381 e. The Morgan fingerprint density at radius 3 is 3.00 bits per heavy atom. The quantitative estimate of drug-likeness (QED) is 0.677. The molecule has 1 atom stereocenters. The summed E-state index contributed by atoms with van der Waals surface area (Å²) >= 11 is 0. The first kappa shape index (κ1) is 11.1. The number of hydrogen-bond donors (Lipinski definition) is 1. The maximum Gasteiger partial charge on any atom is 0.228 e. The van der Waals surface area contributed by atoms with Crippen molar-refractivity contribution in [3.8, 4) is 0 Å². The molecule has 0 aliphatic heterocycles. The van der Waals surface area contributed by atoms with Gasteiger partial charge >= 0.3 is 0 Å². The molecular weight excluding hydrogens is 182 g/mol. The van der Waals surface area contributed by atoms with Crippen LogP contribution in [-0.4, -0.2) is 29.4 Å². The Kier molecular flexibility index (Phi) is 4.55. The van der Waals surface area contributed by atoms with Crippen LogP contribution in [0.25, 0.3) is 0 Å². The SMILES string of the molecule is CCOCCc1noc(CC(C)N)n1. The van der Waals surface area contributed by atoms with E-state index in [9.17, 15) is 0 Å². The molecule has 0 saturated carbocycles. The van der Waals surface area contributed by atoms with Gasteiger partial charge in [-0.3, -0.25) is 0 Å². The molecule has 0 amide bonds. The van der Waals surface area contributed by atoms with Gasteiger partial charge in [-0.05, 0) is 13.8 Å². The van der Waals surface area contributed by atoms with E-state index in [0.29, 0.717) is 37.8 Å². The summed E-state index contributed by atoms with van der Waals surface area (Å²) in [6, 6.07) is 0.0511. The lowest BCUT2D eigenvalue weighted by atomic mass is 10.2. The van der Waals surface area contributed by atoms with Gasteiger partial charge in [0.15, 0.2) is 5.82 Å². The van der Waals surface area contributed by atoms with Crippen LogP contribution in [0.4, 0.5) is 0 Å². The van der Waals surface area contributed by atoms with Crippen molar-refractivity contribution in [2.24, 2.45) is 5.73 Å². The summed E-state index contributed by atoms with van der Waals surface area (Å²) in [5, 5.41) is 3.82. The van der Waals surface area contributed by atoms with Gasteiger partial charge in [0, 0.05) is 25.5 Å². The van der Waals surface area contributed by atoms with Crippen molar-refractivity contribution in [2.75, 3.05) is 13.2 Å². The van der Waals surface area contributed by atoms with E-state index in [-0.39, 0.29) is 6.04 Å². The number of aromatic nitrogens is 2. The zero-order valence-electron chi connectivity index (χ0n) is 8.69. The van der Waals surface area contributed by atoms with Crippen molar-refractivity contribution >= 4 is 0 Å². The average Bonchev–Trinajstić information content (AvgIpc) is 2.52. The number of nitrogens with zero attached hydrogens (tertiary/aromatic N) is 2. The first-order valence-electron chi connectivity index (χ1n) is 4.87. The normalized spacial score (nSPS) is 13.1. The van der Waals surface area contributed by atoms with Gasteiger partial charge in [0.25, 0.3) is 0 Å².